The van der Waals surface area contributed by atoms with E-state index in [1.165, 1.54) is 4.90 Å². The van der Waals surface area contributed by atoms with E-state index in [2.05, 4.69) is 40.7 Å². The molecule has 0 atom stereocenters. The summed E-state index contributed by atoms with van der Waals surface area (Å²) in [6, 6.07) is 17.8. The molecule has 178 valence electrons. The van der Waals surface area contributed by atoms with Crippen LogP contribution in [-0.2, 0) is 6.54 Å². The number of anilines is 1. The first-order valence-electron chi connectivity index (χ1n) is 11.1. The zero-order valence-corrected chi connectivity index (χ0v) is 20.8. The van der Waals surface area contributed by atoms with Crippen LogP contribution in [-0.4, -0.2) is 63.1 Å². The van der Waals surface area contributed by atoms with Gasteiger partial charge in [0.1, 0.15) is 5.82 Å². The number of hydrogen-bond donors (Lipinski definition) is 1. The quantitative estimate of drug-likeness (QED) is 0.464. The van der Waals surface area contributed by atoms with Crippen molar-refractivity contribution < 1.29 is 14.3 Å². The number of amides is 1. The molecule has 1 amide bonds. The van der Waals surface area contributed by atoms with E-state index in [1.54, 1.807) is 11.8 Å². The summed E-state index contributed by atoms with van der Waals surface area (Å²) in [4.78, 5) is 23.5. The predicted molar refractivity (Wildman–Crippen MR) is 137 cm³/mol. The second-order valence-corrected chi connectivity index (χ2v) is 9.27. The lowest BCUT2D eigenvalue weighted by Gasteiger charge is -2.23. The summed E-state index contributed by atoms with van der Waals surface area (Å²) in [6.07, 6.45) is 2.06. The minimum absolute atomic E-state index is 0.166. The number of likely N-dealkylation sites (N-methyl/N-ethyl adjacent to an activating group) is 2. The molecule has 8 heteroatoms. The number of carbonyl (C=O) groups is 1. The highest BCUT2D eigenvalue weighted by Crippen LogP contribution is 2.32. The molecule has 0 saturated carbocycles. The van der Waals surface area contributed by atoms with Crippen molar-refractivity contribution in [1.29, 1.82) is 0 Å². The number of aromatic nitrogens is 1. The third kappa shape index (κ3) is 5.63. The number of thioether (sulfide) groups is 1. The molecule has 1 aromatic heterocycles. The lowest BCUT2D eigenvalue weighted by atomic mass is 10.1. The number of carbonyl (C=O) groups excluding carboxylic acids is 1. The first kappa shape index (κ1) is 23.9. The first-order valence-corrected chi connectivity index (χ1v) is 12.3. The average molecular weight is 479 g/mol. The Labute approximate surface area is 205 Å². The van der Waals surface area contributed by atoms with Crippen molar-refractivity contribution in [3.8, 4) is 22.8 Å². The Bertz CT molecular complexity index is 1150. The van der Waals surface area contributed by atoms with Crippen LogP contribution in [0.4, 0.5) is 5.82 Å². The molecule has 1 aliphatic heterocycles. The summed E-state index contributed by atoms with van der Waals surface area (Å²) in [6.45, 7) is 2.21. The standard InChI is InChI=1S/C26H30N4O3S/c1-29(2)13-14-30(3)25-21(10-11-22(28-25)19-6-8-20(34-4)9-7-19)26(31)27-16-18-5-12-23-24(15-18)33-17-32-23/h5-12,15H,13-14,16-17H2,1-4H3,(H,27,31). The van der Waals surface area contributed by atoms with Gasteiger partial charge in [0.15, 0.2) is 11.5 Å². The Morgan fingerprint density at radius 1 is 1.00 bits per heavy atom. The van der Waals surface area contributed by atoms with Crippen molar-refractivity contribution in [2.45, 2.75) is 11.4 Å². The summed E-state index contributed by atoms with van der Waals surface area (Å²) in [7, 11) is 6.04. The molecule has 0 aliphatic carbocycles. The number of nitrogens with one attached hydrogen (secondary N) is 1. The highest BCUT2D eigenvalue weighted by molar-refractivity contribution is 7.98. The number of fused-ring (bicyclic) bond motifs is 1. The summed E-state index contributed by atoms with van der Waals surface area (Å²) in [5.74, 6) is 1.93. The summed E-state index contributed by atoms with van der Waals surface area (Å²) < 4.78 is 10.8. The highest BCUT2D eigenvalue weighted by atomic mass is 32.2. The molecule has 7 nitrogen and oxygen atoms in total. The van der Waals surface area contributed by atoms with E-state index in [4.69, 9.17) is 14.5 Å². The number of benzene rings is 2. The van der Waals surface area contributed by atoms with Gasteiger partial charge < -0.3 is 24.6 Å². The molecule has 0 radical (unpaired) electrons. The van der Waals surface area contributed by atoms with Gasteiger partial charge in [0.25, 0.3) is 5.91 Å². The fourth-order valence-electron chi connectivity index (χ4n) is 3.62. The molecule has 1 N–H and O–H groups in total. The van der Waals surface area contributed by atoms with Gasteiger partial charge >= 0.3 is 0 Å². The first-order chi connectivity index (χ1) is 16.4. The van der Waals surface area contributed by atoms with E-state index in [1.807, 2.05) is 56.4 Å². The third-order valence-corrected chi connectivity index (χ3v) is 6.38. The lowest BCUT2D eigenvalue weighted by Crippen LogP contribution is -2.32. The maximum atomic E-state index is 13.2. The highest BCUT2D eigenvalue weighted by Gasteiger charge is 2.19. The van der Waals surface area contributed by atoms with Crippen LogP contribution in [0.3, 0.4) is 0 Å². The van der Waals surface area contributed by atoms with Crippen LogP contribution in [0.1, 0.15) is 15.9 Å². The number of pyridine rings is 1. The van der Waals surface area contributed by atoms with E-state index < -0.39 is 0 Å². The zero-order chi connectivity index (χ0) is 24.1. The molecule has 0 fully saturated rings. The van der Waals surface area contributed by atoms with Gasteiger partial charge in [0.2, 0.25) is 6.79 Å². The van der Waals surface area contributed by atoms with E-state index >= 15 is 0 Å². The van der Waals surface area contributed by atoms with Gasteiger partial charge in [-0.2, -0.15) is 0 Å². The molecule has 1 aliphatic rings. The molecule has 0 unspecified atom stereocenters. The number of ether oxygens (including phenoxy) is 2. The second-order valence-electron chi connectivity index (χ2n) is 8.39. The Kier molecular flexibility index (Phi) is 7.59. The molecule has 34 heavy (non-hydrogen) atoms. The third-order valence-electron chi connectivity index (χ3n) is 5.64. The van der Waals surface area contributed by atoms with Crippen molar-refractivity contribution in [1.82, 2.24) is 15.2 Å². The van der Waals surface area contributed by atoms with E-state index in [0.29, 0.717) is 23.7 Å². The fraction of sp³-hybridized carbons (Fsp3) is 0.308. The van der Waals surface area contributed by atoms with Crippen molar-refractivity contribution in [2.75, 3.05) is 52.2 Å². The Morgan fingerprint density at radius 2 is 1.76 bits per heavy atom. The van der Waals surface area contributed by atoms with Gasteiger partial charge in [-0.25, -0.2) is 4.98 Å². The predicted octanol–water partition coefficient (Wildman–Crippen LogP) is 4.13. The van der Waals surface area contributed by atoms with Crippen molar-refractivity contribution in [3.05, 3.63) is 65.7 Å². The van der Waals surface area contributed by atoms with Gasteiger partial charge in [0, 0.05) is 37.1 Å². The SMILES string of the molecule is CSc1ccc(-c2ccc(C(=O)NCc3ccc4c(c3)OCO4)c(N(C)CCN(C)C)n2)cc1. The Balaban J connectivity index is 1.56. The zero-order valence-electron chi connectivity index (χ0n) is 20.0. The second kappa shape index (κ2) is 10.8. The maximum Gasteiger partial charge on any atom is 0.255 e. The maximum absolute atomic E-state index is 13.2. The monoisotopic (exact) mass is 478 g/mol. The van der Waals surface area contributed by atoms with Crippen LogP contribution in [0, 0.1) is 0 Å². The normalized spacial score (nSPS) is 12.1. The molecule has 0 saturated heterocycles. The van der Waals surface area contributed by atoms with Crippen LogP contribution in [0.5, 0.6) is 11.5 Å². The van der Waals surface area contributed by atoms with Gasteiger partial charge in [-0.05, 0) is 62.3 Å². The average Bonchev–Trinajstić information content (AvgIpc) is 3.33. The lowest BCUT2D eigenvalue weighted by molar-refractivity contribution is 0.0951. The van der Waals surface area contributed by atoms with Crippen LogP contribution < -0.4 is 19.7 Å². The smallest absolute Gasteiger partial charge is 0.255 e. The molecule has 4 rings (SSSR count). The largest absolute Gasteiger partial charge is 0.454 e. The van der Waals surface area contributed by atoms with Gasteiger partial charge in [0.05, 0.1) is 11.3 Å². The van der Waals surface area contributed by atoms with Crippen LogP contribution in [0.25, 0.3) is 11.3 Å². The molecule has 0 spiro atoms. The molecule has 0 bridgehead atoms. The number of nitrogens with zero attached hydrogens (tertiary/aromatic N) is 3. The van der Waals surface area contributed by atoms with Gasteiger partial charge in [-0.3, -0.25) is 4.79 Å². The van der Waals surface area contributed by atoms with E-state index in [9.17, 15) is 4.79 Å². The van der Waals surface area contributed by atoms with Crippen molar-refractivity contribution >= 4 is 23.5 Å². The molecule has 3 aromatic rings. The summed E-state index contributed by atoms with van der Waals surface area (Å²) in [5, 5.41) is 3.03. The summed E-state index contributed by atoms with van der Waals surface area (Å²) >= 11 is 1.71. The molecule has 2 heterocycles. The Hall–Kier alpha value is -3.23. The van der Waals surface area contributed by atoms with Crippen molar-refractivity contribution in [3.63, 3.8) is 0 Å². The van der Waals surface area contributed by atoms with E-state index in [-0.39, 0.29) is 12.7 Å². The minimum Gasteiger partial charge on any atom is -0.454 e. The van der Waals surface area contributed by atoms with Crippen LogP contribution in [0.2, 0.25) is 0 Å². The van der Waals surface area contributed by atoms with Gasteiger partial charge in [-0.1, -0.05) is 18.2 Å². The van der Waals surface area contributed by atoms with Crippen LogP contribution >= 0.6 is 11.8 Å². The number of rotatable bonds is 9. The Morgan fingerprint density at radius 3 is 2.50 bits per heavy atom. The molecular formula is C26H30N4O3S. The van der Waals surface area contributed by atoms with Crippen LogP contribution in [0.15, 0.2) is 59.5 Å². The van der Waals surface area contributed by atoms with Gasteiger partial charge in [-0.15, -0.1) is 11.8 Å². The fourth-order valence-corrected chi connectivity index (χ4v) is 4.03. The minimum atomic E-state index is -0.166. The van der Waals surface area contributed by atoms with Crippen molar-refractivity contribution in [2.24, 2.45) is 0 Å². The summed E-state index contributed by atoms with van der Waals surface area (Å²) in [5.41, 5.74) is 3.35. The molecular weight excluding hydrogens is 448 g/mol. The van der Waals surface area contributed by atoms with E-state index in [0.717, 1.165) is 35.7 Å². The molecule has 2 aromatic carbocycles. The number of hydrogen-bond acceptors (Lipinski definition) is 7. The topological polar surface area (TPSA) is 66.9 Å².